The predicted molar refractivity (Wildman–Crippen MR) is 134 cm³/mol. The molecule has 0 spiro atoms. The van der Waals surface area contributed by atoms with Gasteiger partial charge in [0.1, 0.15) is 5.75 Å². The first-order chi connectivity index (χ1) is 15.2. The molecule has 1 aliphatic rings. The molecule has 0 aliphatic heterocycles. The van der Waals surface area contributed by atoms with Crippen LogP contribution in [0, 0.1) is 0 Å². The highest BCUT2D eigenvalue weighted by Gasteiger charge is 2.24. The maximum Gasteiger partial charge on any atom is 0.173 e. The first-order valence-corrected chi connectivity index (χ1v) is 11.9. The van der Waals surface area contributed by atoms with Crippen LogP contribution >= 0.6 is 12.2 Å². The zero-order valence-electron chi connectivity index (χ0n) is 18.6. The Bertz CT molecular complexity index is 1000. The van der Waals surface area contributed by atoms with E-state index in [1.807, 2.05) is 31.2 Å². The molecule has 1 N–H and O–H groups in total. The summed E-state index contributed by atoms with van der Waals surface area (Å²) in [5, 5.41) is 5.62. The van der Waals surface area contributed by atoms with Gasteiger partial charge in [0.15, 0.2) is 5.11 Å². The van der Waals surface area contributed by atoms with E-state index in [4.69, 9.17) is 17.0 Å². The quantitative estimate of drug-likeness (QED) is 0.353. The van der Waals surface area contributed by atoms with Gasteiger partial charge >= 0.3 is 0 Å². The molecule has 0 unspecified atom stereocenters. The average Bonchev–Trinajstić information content (AvgIpc) is 2.94. The fraction of sp³-hybridized carbons (Fsp3) is 0.423. The number of nitrogens with one attached hydrogen (secondary N) is 1. The second-order valence-electron chi connectivity index (χ2n) is 8.44. The average molecular weight is 436 g/mol. The predicted octanol–water partition coefficient (Wildman–Crippen LogP) is 6.50. The van der Waals surface area contributed by atoms with Gasteiger partial charge in [-0.05, 0) is 67.9 Å². The summed E-state index contributed by atoms with van der Waals surface area (Å²) in [5.41, 5.74) is 3.60. The minimum Gasteiger partial charge on any atom is -0.494 e. The number of thiocarbonyl (C=S) groups is 1. The summed E-state index contributed by atoms with van der Waals surface area (Å²) in [4.78, 5) is 2.43. The lowest BCUT2D eigenvalue weighted by Crippen LogP contribution is -2.42. The highest BCUT2D eigenvalue weighted by atomic mass is 32.1. The van der Waals surface area contributed by atoms with E-state index in [2.05, 4.69) is 52.3 Å². The number of nitrogens with zero attached hydrogens (tertiary/aromatic N) is 2. The van der Waals surface area contributed by atoms with E-state index >= 15 is 0 Å². The van der Waals surface area contributed by atoms with Crippen molar-refractivity contribution in [2.75, 3.05) is 11.9 Å². The Morgan fingerprint density at radius 3 is 2.48 bits per heavy atom. The van der Waals surface area contributed by atoms with Crippen LogP contribution < -0.4 is 10.1 Å². The number of benzene rings is 2. The molecule has 0 bridgehead atoms. The van der Waals surface area contributed by atoms with Gasteiger partial charge in [0.25, 0.3) is 0 Å². The molecule has 5 heteroatoms. The number of ether oxygens (including phenoxy) is 1. The van der Waals surface area contributed by atoms with Crippen molar-refractivity contribution in [3.05, 3.63) is 60.3 Å². The van der Waals surface area contributed by atoms with Gasteiger partial charge in [0.05, 0.1) is 6.61 Å². The molecule has 31 heavy (non-hydrogen) atoms. The Morgan fingerprint density at radius 2 is 1.77 bits per heavy atom. The molecule has 1 fully saturated rings. The van der Waals surface area contributed by atoms with Crippen molar-refractivity contribution in [2.24, 2.45) is 7.05 Å². The SMILES string of the molecule is CCOc1ccc(NC(=S)N(Cc2cn(C)c3ccccc23)C2CCCCCC2)cc1. The fourth-order valence-corrected chi connectivity index (χ4v) is 5.00. The molecule has 1 saturated carbocycles. The van der Waals surface area contributed by atoms with E-state index in [-0.39, 0.29) is 0 Å². The topological polar surface area (TPSA) is 29.4 Å². The maximum atomic E-state index is 5.97. The molecular formula is C26H33N3OS. The summed E-state index contributed by atoms with van der Waals surface area (Å²) in [6.07, 6.45) is 9.89. The molecule has 0 amide bonds. The molecule has 4 nitrogen and oxygen atoms in total. The standard InChI is InChI=1S/C26H33N3OS/c1-3-30-23-16-14-21(15-17-23)27-26(31)29(22-10-6-4-5-7-11-22)19-20-18-28(2)25-13-9-8-12-24(20)25/h8-9,12-18,22H,3-7,10-11,19H2,1-2H3,(H,27,31). The molecule has 0 radical (unpaired) electrons. The van der Waals surface area contributed by atoms with E-state index in [1.54, 1.807) is 0 Å². The van der Waals surface area contributed by atoms with Crippen LogP contribution in [0.15, 0.2) is 54.7 Å². The van der Waals surface area contributed by atoms with Gasteiger partial charge in [0, 0.05) is 42.4 Å². The minimum absolute atomic E-state index is 0.476. The number of anilines is 1. The Labute approximate surface area is 191 Å². The number of rotatable bonds is 6. The zero-order valence-corrected chi connectivity index (χ0v) is 19.5. The van der Waals surface area contributed by atoms with Crippen LogP contribution in [-0.2, 0) is 13.6 Å². The molecule has 4 rings (SSSR count). The largest absolute Gasteiger partial charge is 0.494 e. The van der Waals surface area contributed by atoms with Crippen molar-refractivity contribution in [3.63, 3.8) is 0 Å². The van der Waals surface area contributed by atoms with E-state index in [9.17, 15) is 0 Å². The second-order valence-corrected chi connectivity index (χ2v) is 8.83. The van der Waals surface area contributed by atoms with Gasteiger partial charge in [-0.2, -0.15) is 0 Å². The van der Waals surface area contributed by atoms with Crippen molar-refractivity contribution < 1.29 is 4.74 Å². The fourth-order valence-electron chi connectivity index (χ4n) is 4.67. The van der Waals surface area contributed by atoms with E-state index in [0.717, 1.165) is 23.1 Å². The minimum atomic E-state index is 0.476. The molecule has 0 saturated heterocycles. The van der Waals surface area contributed by atoms with Crippen LogP contribution in [0.5, 0.6) is 5.75 Å². The Balaban J connectivity index is 1.58. The lowest BCUT2D eigenvalue weighted by atomic mass is 10.1. The highest BCUT2D eigenvalue weighted by Crippen LogP contribution is 2.28. The molecule has 164 valence electrons. The molecule has 1 aliphatic carbocycles. The summed E-state index contributed by atoms with van der Waals surface area (Å²) < 4.78 is 7.79. The first kappa shape index (κ1) is 21.7. The third-order valence-electron chi connectivity index (χ3n) is 6.26. The number of hydrogen-bond donors (Lipinski definition) is 1. The van der Waals surface area contributed by atoms with Crippen LogP contribution in [-0.4, -0.2) is 27.2 Å². The van der Waals surface area contributed by atoms with Crippen molar-refractivity contribution in [3.8, 4) is 5.75 Å². The van der Waals surface area contributed by atoms with Crippen LogP contribution in [0.4, 0.5) is 5.69 Å². The summed E-state index contributed by atoms with van der Waals surface area (Å²) in [7, 11) is 2.12. The van der Waals surface area contributed by atoms with Crippen LogP contribution in [0.3, 0.4) is 0 Å². The monoisotopic (exact) mass is 435 g/mol. The van der Waals surface area contributed by atoms with Crippen LogP contribution in [0.25, 0.3) is 10.9 Å². The van der Waals surface area contributed by atoms with Gasteiger partial charge < -0.3 is 19.5 Å². The summed E-state index contributed by atoms with van der Waals surface area (Å²) in [5.74, 6) is 0.885. The van der Waals surface area contributed by atoms with Gasteiger partial charge in [-0.15, -0.1) is 0 Å². The van der Waals surface area contributed by atoms with Gasteiger partial charge in [0.2, 0.25) is 0 Å². The number of aromatic nitrogens is 1. The summed E-state index contributed by atoms with van der Waals surface area (Å²) in [6.45, 7) is 3.50. The third-order valence-corrected chi connectivity index (χ3v) is 6.60. The van der Waals surface area contributed by atoms with Crippen molar-refractivity contribution in [1.29, 1.82) is 0 Å². The lowest BCUT2D eigenvalue weighted by Gasteiger charge is -2.33. The highest BCUT2D eigenvalue weighted by molar-refractivity contribution is 7.80. The van der Waals surface area contributed by atoms with E-state index in [1.165, 1.54) is 55.0 Å². The van der Waals surface area contributed by atoms with Crippen molar-refractivity contribution >= 4 is 33.9 Å². The van der Waals surface area contributed by atoms with Crippen LogP contribution in [0.1, 0.15) is 51.0 Å². The number of hydrogen-bond acceptors (Lipinski definition) is 2. The zero-order chi connectivity index (χ0) is 21.6. The van der Waals surface area contributed by atoms with Gasteiger partial charge in [-0.1, -0.05) is 43.9 Å². The van der Waals surface area contributed by atoms with Crippen molar-refractivity contribution in [1.82, 2.24) is 9.47 Å². The smallest absolute Gasteiger partial charge is 0.173 e. The summed E-state index contributed by atoms with van der Waals surface area (Å²) >= 11 is 5.97. The van der Waals surface area contributed by atoms with E-state index in [0.29, 0.717) is 12.6 Å². The summed E-state index contributed by atoms with van der Waals surface area (Å²) in [6, 6.07) is 17.2. The number of aryl methyl sites for hydroxylation is 1. The van der Waals surface area contributed by atoms with Gasteiger partial charge in [-0.3, -0.25) is 0 Å². The molecule has 1 heterocycles. The number of fused-ring (bicyclic) bond motifs is 1. The lowest BCUT2D eigenvalue weighted by molar-refractivity contribution is 0.281. The Hall–Kier alpha value is -2.53. The molecule has 1 aromatic heterocycles. The maximum absolute atomic E-state index is 5.97. The van der Waals surface area contributed by atoms with E-state index < -0.39 is 0 Å². The molecule has 2 aromatic carbocycles. The normalized spacial score (nSPS) is 14.9. The Morgan fingerprint density at radius 1 is 1.06 bits per heavy atom. The third kappa shape index (κ3) is 5.21. The van der Waals surface area contributed by atoms with Gasteiger partial charge in [-0.25, -0.2) is 0 Å². The molecule has 0 atom stereocenters. The van der Waals surface area contributed by atoms with Crippen molar-refractivity contribution in [2.45, 2.75) is 58.0 Å². The second kappa shape index (κ2) is 10.2. The van der Waals surface area contributed by atoms with Crippen LogP contribution in [0.2, 0.25) is 0 Å². The Kier molecular flexibility index (Phi) is 7.13. The molecular weight excluding hydrogens is 402 g/mol. The number of para-hydroxylation sites is 1. The first-order valence-electron chi connectivity index (χ1n) is 11.5. The molecule has 3 aromatic rings.